The van der Waals surface area contributed by atoms with Crippen molar-refractivity contribution >= 4 is 39.5 Å². The summed E-state index contributed by atoms with van der Waals surface area (Å²) in [5.41, 5.74) is 1.91. The average Bonchev–Trinajstić information content (AvgIpc) is 2.74. The molecular weight excluding hydrogens is 432 g/mol. The molecule has 0 heterocycles. The van der Waals surface area contributed by atoms with Gasteiger partial charge in [-0.1, -0.05) is 52.3 Å². The maximum Gasteiger partial charge on any atom is 0.272 e. The summed E-state index contributed by atoms with van der Waals surface area (Å²) in [7, 11) is 1.56. The molecule has 29 heavy (non-hydrogen) atoms. The molecule has 0 radical (unpaired) electrons. The number of nitrogens with one attached hydrogen (secondary N) is 2. The van der Waals surface area contributed by atoms with Crippen LogP contribution in [-0.2, 0) is 4.79 Å². The van der Waals surface area contributed by atoms with Gasteiger partial charge in [0.1, 0.15) is 11.4 Å². The van der Waals surface area contributed by atoms with E-state index in [-0.39, 0.29) is 11.6 Å². The topological polar surface area (TPSA) is 67.4 Å². The second-order valence-electron chi connectivity index (χ2n) is 6.12. The smallest absolute Gasteiger partial charge is 0.272 e. The number of hydrogen-bond acceptors (Lipinski definition) is 3. The van der Waals surface area contributed by atoms with Gasteiger partial charge in [-0.05, 0) is 48.0 Å². The summed E-state index contributed by atoms with van der Waals surface area (Å²) >= 11 is 3.42. The molecule has 0 aliphatic carbocycles. The number of benzene rings is 3. The Labute approximate surface area is 177 Å². The van der Waals surface area contributed by atoms with E-state index in [1.54, 1.807) is 61.7 Å². The van der Waals surface area contributed by atoms with Crippen LogP contribution < -0.4 is 15.4 Å². The highest BCUT2D eigenvalue weighted by molar-refractivity contribution is 9.10. The Morgan fingerprint density at radius 3 is 2.41 bits per heavy atom. The van der Waals surface area contributed by atoms with Gasteiger partial charge in [0.05, 0.1) is 7.11 Å². The quantitative estimate of drug-likeness (QED) is 0.526. The second kappa shape index (κ2) is 9.71. The molecule has 3 rings (SSSR count). The monoisotopic (exact) mass is 450 g/mol. The summed E-state index contributed by atoms with van der Waals surface area (Å²) in [5, 5.41) is 5.51. The minimum Gasteiger partial charge on any atom is -0.497 e. The largest absolute Gasteiger partial charge is 0.497 e. The van der Waals surface area contributed by atoms with Gasteiger partial charge in [0.2, 0.25) is 0 Å². The average molecular weight is 451 g/mol. The molecule has 0 saturated heterocycles. The van der Waals surface area contributed by atoms with Gasteiger partial charge in [-0.3, -0.25) is 9.59 Å². The summed E-state index contributed by atoms with van der Waals surface area (Å²) in [6, 6.07) is 23.2. The zero-order valence-electron chi connectivity index (χ0n) is 15.7. The van der Waals surface area contributed by atoms with Crippen LogP contribution in [0.25, 0.3) is 6.08 Å². The summed E-state index contributed by atoms with van der Waals surface area (Å²) < 4.78 is 6.06. The number of carbonyl (C=O) groups is 2. The molecule has 2 N–H and O–H groups in total. The van der Waals surface area contributed by atoms with Gasteiger partial charge in [-0.25, -0.2) is 0 Å². The molecule has 2 amide bonds. The van der Waals surface area contributed by atoms with Crippen LogP contribution >= 0.6 is 15.9 Å². The van der Waals surface area contributed by atoms with Crippen LogP contribution in [0.5, 0.6) is 5.75 Å². The van der Waals surface area contributed by atoms with Crippen molar-refractivity contribution in [2.45, 2.75) is 0 Å². The number of amides is 2. The molecule has 0 unspecified atom stereocenters. The Hall–Kier alpha value is -3.38. The first-order chi connectivity index (χ1) is 14.0. The van der Waals surface area contributed by atoms with Crippen LogP contribution in [0.15, 0.2) is 89.0 Å². The molecule has 3 aromatic rings. The number of anilines is 1. The van der Waals surface area contributed by atoms with Crippen molar-refractivity contribution in [2.75, 3.05) is 12.4 Å². The lowest BCUT2D eigenvalue weighted by atomic mass is 10.1. The number of halogens is 1. The molecule has 0 aromatic heterocycles. The molecule has 6 heteroatoms. The number of carbonyl (C=O) groups excluding carboxylic acids is 2. The minimum absolute atomic E-state index is 0.125. The van der Waals surface area contributed by atoms with Gasteiger partial charge in [0.15, 0.2) is 0 Å². The summed E-state index contributed by atoms with van der Waals surface area (Å²) in [4.78, 5) is 25.5. The van der Waals surface area contributed by atoms with Crippen LogP contribution in [0.2, 0.25) is 0 Å². The predicted molar refractivity (Wildman–Crippen MR) is 118 cm³/mol. The summed E-state index contributed by atoms with van der Waals surface area (Å²) in [6.45, 7) is 0. The maximum atomic E-state index is 12.9. The Bertz CT molecular complexity index is 1050. The number of hydrogen-bond donors (Lipinski definition) is 2. The minimum atomic E-state index is -0.442. The van der Waals surface area contributed by atoms with Gasteiger partial charge in [0.25, 0.3) is 11.8 Å². The normalized spacial score (nSPS) is 10.9. The molecule has 146 valence electrons. The third-order valence-electron chi connectivity index (χ3n) is 4.02. The van der Waals surface area contributed by atoms with Gasteiger partial charge in [-0.2, -0.15) is 0 Å². The van der Waals surface area contributed by atoms with Crippen molar-refractivity contribution in [1.29, 1.82) is 0 Å². The van der Waals surface area contributed by atoms with Crippen LogP contribution in [0.3, 0.4) is 0 Å². The Balaban J connectivity index is 1.89. The molecule has 0 atom stereocenters. The highest BCUT2D eigenvalue weighted by Crippen LogP contribution is 2.18. The first kappa shape index (κ1) is 20.4. The molecule has 5 nitrogen and oxygen atoms in total. The van der Waals surface area contributed by atoms with Crippen LogP contribution in [0, 0.1) is 0 Å². The second-order valence-corrected chi connectivity index (χ2v) is 7.03. The Morgan fingerprint density at radius 2 is 1.69 bits per heavy atom. The van der Waals surface area contributed by atoms with E-state index in [2.05, 4.69) is 26.6 Å². The van der Waals surface area contributed by atoms with E-state index in [0.29, 0.717) is 17.0 Å². The van der Waals surface area contributed by atoms with E-state index in [9.17, 15) is 9.59 Å². The lowest BCUT2D eigenvalue weighted by molar-refractivity contribution is -0.113. The van der Waals surface area contributed by atoms with Crippen molar-refractivity contribution in [3.8, 4) is 5.75 Å². The zero-order chi connectivity index (χ0) is 20.6. The van der Waals surface area contributed by atoms with Crippen molar-refractivity contribution in [3.05, 3.63) is 100 Å². The van der Waals surface area contributed by atoms with Crippen molar-refractivity contribution in [1.82, 2.24) is 5.32 Å². The van der Waals surface area contributed by atoms with E-state index in [1.165, 1.54) is 0 Å². The first-order valence-corrected chi connectivity index (χ1v) is 9.63. The molecule has 3 aromatic carbocycles. The Morgan fingerprint density at radius 1 is 0.931 bits per heavy atom. The van der Waals surface area contributed by atoms with E-state index < -0.39 is 5.91 Å². The summed E-state index contributed by atoms with van der Waals surface area (Å²) in [5.74, 6) is -0.191. The van der Waals surface area contributed by atoms with Gasteiger partial charge < -0.3 is 15.4 Å². The third kappa shape index (κ3) is 5.80. The van der Waals surface area contributed by atoms with Gasteiger partial charge in [0, 0.05) is 21.8 Å². The maximum absolute atomic E-state index is 12.9. The van der Waals surface area contributed by atoms with E-state index in [1.807, 2.05) is 30.3 Å². The highest BCUT2D eigenvalue weighted by atomic mass is 79.9. The van der Waals surface area contributed by atoms with Crippen LogP contribution in [0.4, 0.5) is 5.69 Å². The van der Waals surface area contributed by atoms with Crippen LogP contribution in [0.1, 0.15) is 15.9 Å². The SMILES string of the molecule is COc1cccc(NC(=O)C(=Cc2cccc(Br)c2)NC(=O)c2ccccc2)c1. The molecule has 0 bridgehead atoms. The van der Waals surface area contributed by atoms with Gasteiger partial charge in [-0.15, -0.1) is 0 Å². The number of ether oxygens (including phenoxy) is 1. The first-order valence-electron chi connectivity index (χ1n) is 8.84. The van der Waals surface area contributed by atoms with Crippen LogP contribution in [-0.4, -0.2) is 18.9 Å². The van der Waals surface area contributed by atoms with Crippen molar-refractivity contribution in [3.63, 3.8) is 0 Å². The van der Waals surface area contributed by atoms with E-state index in [4.69, 9.17) is 4.74 Å². The number of methoxy groups -OCH3 is 1. The summed E-state index contributed by atoms with van der Waals surface area (Å²) in [6.07, 6.45) is 1.63. The van der Waals surface area contributed by atoms with E-state index >= 15 is 0 Å². The van der Waals surface area contributed by atoms with E-state index in [0.717, 1.165) is 10.0 Å². The zero-order valence-corrected chi connectivity index (χ0v) is 17.3. The molecule has 0 aliphatic heterocycles. The van der Waals surface area contributed by atoms with Crippen molar-refractivity contribution in [2.24, 2.45) is 0 Å². The fraction of sp³-hybridized carbons (Fsp3) is 0.0435. The molecule has 0 saturated carbocycles. The standard InChI is InChI=1S/C23H19BrN2O3/c1-29-20-12-6-11-19(15-20)25-23(28)21(14-16-7-5-10-18(24)13-16)26-22(27)17-8-3-2-4-9-17/h2-15H,1H3,(H,25,28)(H,26,27). The predicted octanol–water partition coefficient (Wildman–Crippen LogP) is 4.87. The molecule has 0 aliphatic rings. The molecule has 0 spiro atoms. The fourth-order valence-corrected chi connectivity index (χ4v) is 3.02. The number of rotatable bonds is 6. The molecule has 0 fully saturated rings. The van der Waals surface area contributed by atoms with Gasteiger partial charge >= 0.3 is 0 Å². The lowest BCUT2D eigenvalue weighted by Gasteiger charge is -2.12. The lowest BCUT2D eigenvalue weighted by Crippen LogP contribution is -2.30. The fourth-order valence-electron chi connectivity index (χ4n) is 2.60. The molecular formula is C23H19BrN2O3. The van der Waals surface area contributed by atoms with Crippen molar-refractivity contribution < 1.29 is 14.3 Å². The third-order valence-corrected chi connectivity index (χ3v) is 4.51. The highest BCUT2D eigenvalue weighted by Gasteiger charge is 2.15. The Kier molecular flexibility index (Phi) is 6.81.